The van der Waals surface area contributed by atoms with E-state index in [1.54, 1.807) is 16.8 Å². The summed E-state index contributed by atoms with van der Waals surface area (Å²) in [7, 11) is -0.697. The third kappa shape index (κ3) is 4.57. The molecule has 4 rings (SSSR count). The summed E-state index contributed by atoms with van der Waals surface area (Å²) in [5.41, 5.74) is 3.78. The van der Waals surface area contributed by atoms with Crippen LogP contribution in [-0.4, -0.2) is 42.5 Å². The van der Waals surface area contributed by atoms with E-state index < -0.39 is 15.9 Å². The fourth-order valence-electron chi connectivity index (χ4n) is 3.35. The van der Waals surface area contributed by atoms with Crippen molar-refractivity contribution in [2.24, 2.45) is 0 Å². The van der Waals surface area contributed by atoms with E-state index in [1.165, 1.54) is 26.2 Å². The van der Waals surface area contributed by atoms with Crippen LogP contribution in [0.2, 0.25) is 0 Å². The van der Waals surface area contributed by atoms with Gasteiger partial charge in [-0.15, -0.1) is 0 Å². The van der Waals surface area contributed by atoms with Crippen molar-refractivity contribution in [2.75, 3.05) is 19.4 Å². The Kier molecular flexibility index (Phi) is 6.13. The standard InChI is InChI=1S/C25H24N4O3S/c1-18-14-15-21(33(31,32)28(2)3)16-22(18)26-25(30)24-17-23(19-10-6-4-7-11-19)27-29(24)20-12-8-5-9-13-20/h4-17H,1-3H3,(H,26,30). The number of anilines is 1. The summed E-state index contributed by atoms with van der Waals surface area (Å²) in [5, 5.41) is 7.54. The molecule has 8 heteroatoms. The van der Waals surface area contributed by atoms with Gasteiger partial charge in [-0.2, -0.15) is 5.10 Å². The van der Waals surface area contributed by atoms with Crippen LogP contribution in [0.4, 0.5) is 5.69 Å². The van der Waals surface area contributed by atoms with Crippen LogP contribution in [0.3, 0.4) is 0 Å². The summed E-state index contributed by atoms with van der Waals surface area (Å²) in [4.78, 5) is 13.5. The number of aromatic nitrogens is 2. The lowest BCUT2D eigenvalue weighted by atomic mass is 10.1. The number of nitrogens with zero attached hydrogens (tertiary/aromatic N) is 3. The maximum atomic E-state index is 13.4. The number of benzene rings is 3. The monoisotopic (exact) mass is 460 g/mol. The van der Waals surface area contributed by atoms with Crippen LogP contribution in [0.15, 0.2) is 89.8 Å². The van der Waals surface area contributed by atoms with Crippen molar-refractivity contribution in [2.45, 2.75) is 11.8 Å². The molecule has 3 aromatic carbocycles. The van der Waals surface area contributed by atoms with Crippen LogP contribution in [0.25, 0.3) is 16.9 Å². The number of hydrogen-bond acceptors (Lipinski definition) is 4. The van der Waals surface area contributed by atoms with Gasteiger partial charge in [-0.1, -0.05) is 54.6 Å². The molecule has 1 heterocycles. The molecule has 0 aliphatic heterocycles. The number of aryl methyl sites for hydroxylation is 1. The summed E-state index contributed by atoms with van der Waals surface area (Å²) in [6.07, 6.45) is 0. The van der Waals surface area contributed by atoms with Gasteiger partial charge in [0.25, 0.3) is 5.91 Å². The highest BCUT2D eigenvalue weighted by Gasteiger charge is 2.21. The second-order valence-corrected chi connectivity index (χ2v) is 9.90. The van der Waals surface area contributed by atoms with Crippen molar-refractivity contribution in [3.8, 4) is 16.9 Å². The molecule has 0 radical (unpaired) electrons. The molecule has 7 nitrogen and oxygen atoms in total. The molecule has 0 unspecified atom stereocenters. The largest absolute Gasteiger partial charge is 0.320 e. The second kappa shape index (κ2) is 9.01. The molecule has 0 aliphatic carbocycles. The minimum Gasteiger partial charge on any atom is -0.320 e. The van der Waals surface area contributed by atoms with Crippen LogP contribution < -0.4 is 5.32 Å². The highest BCUT2D eigenvalue weighted by atomic mass is 32.2. The molecule has 0 aliphatic rings. The Hall–Kier alpha value is -3.75. The van der Waals surface area contributed by atoms with E-state index >= 15 is 0 Å². The zero-order valence-electron chi connectivity index (χ0n) is 18.6. The lowest BCUT2D eigenvalue weighted by Gasteiger charge is -2.15. The molecule has 0 atom stereocenters. The molecular formula is C25H24N4O3S. The van der Waals surface area contributed by atoms with Crippen molar-refractivity contribution < 1.29 is 13.2 Å². The first-order chi connectivity index (χ1) is 15.8. The summed E-state index contributed by atoms with van der Waals surface area (Å²) < 4.78 is 27.8. The van der Waals surface area contributed by atoms with E-state index in [0.717, 1.165) is 21.1 Å². The smallest absolute Gasteiger partial charge is 0.274 e. The van der Waals surface area contributed by atoms with Gasteiger partial charge >= 0.3 is 0 Å². The van der Waals surface area contributed by atoms with E-state index in [0.29, 0.717) is 17.1 Å². The third-order valence-corrected chi connectivity index (χ3v) is 7.06. The fraction of sp³-hybridized carbons (Fsp3) is 0.120. The molecule has 0 saturated carbocycles. The molecule has 0 spiro atoms. The zero-order chi connectivity index (χ0) is 23.6. The van der Waals surface area contributed by atoms with Crippen LogP contribution in [0.5, 0.6) is 0 Å². The maximum absolute atomic E-state index is 13.4. The van der Waals surface area contributed by atoms with E-state index in [9.17, 15) is 13.2 Å². The SMILES string of the molecule is Cc1ccc(S(=O)(=O)N(C)C)cc1NC(=O)c1cc(-c2ccccc2)nn1-c1ccccc1. The van der Waals surface area contributed by atoms with E-state index in [4.69, 9.17) is 0 Å². The lowest BCUT2D eigenvalue weighted by Crippen LogP contribution is -2.23. The Bertz CT molecular complexity index is 1400. The Balaban J connectivity index is 1.75. The maximum Gasteiger partial charge on any atom is 0.274 e. The van der Waals surface area contributed by atoms with Crippen molar-refractivity contribution in [1.82, 2.24) is 14.1 Å². The fourth-order valence-corrected chi connectivity index (χ4v) is 4.28. The van der Waals surface area contributed by atoms with Gasteiger partial charge in [0.05, 0.1) is 16.3 Å². The molecule has 1 aromatic heterocycles. The highest BCUT2D eigenvalue weighted by molar-refractivity contribution is 7.89. The predicted octanol–water partition coefficient (Wildman–Crippen LogP) is 4.35. The number of carbonyl (C=O) groups is 1. The van der Waals surface area contributed by atoms with Gasteiger partial charge in [0.1, 0.15) is 5.69 Å². The molecule has 0 bridgehead atoms. The molecule has 0 saturated heterocycles. The second-order valence-electron chi connectivity index (χ2n) is 7.75. The Labute approximate surface area is 193 Å². The third-order valence-electron chi connectivity index (χ3n) is 5.25. The van der Waals surface area contributed by atoms with E-state index in [-0.39, 0.29) is 4.90 Å². The van der Waals surface area contributed by atoms with Gasteiger partial charge < -0.3 is 5.32 Å². The Morgan fingerprint density at radius 2 is 1.55 bits per heavy atom. The number of rotatable bonds is 6. The predicted molar refractivity (Wildman–Crippen MR) is 129 cm³/mol. The first-order valence-electron chi connectivity index (χ1n) is 10.3. The number of carbonyl (C=O) groups excluding carboxylic acids is 1. The number of para-hydroxylation sites is 1. The number of sulfonamides is 1. The topological polar surface area (TPSA) is 84.3 Å². The summed E-state index contributed by atoms with van der Waals surface area (Å²) in [5.74, 6) is -0.393. The Morgan fingerprint density at radius 1 is 0.909 bits per heavy atom. The lowest BCUT2D eigenvalue weighted by molar-refractivity contribution is 0.101. The van der Waals surface area contributed by atoms with Crippen LogP contribution in [-0.2, 0) is 10.0 Å². The van der Waals surface area contributed by atoms with Crippen molar-refractivity contribution in [1.29, 1.82) is 0 Å². The Morgan fingerprint density at radius 3 is 2.18 bits per heavy atom. The average molecular weight is 461 g/mol. The number of nitrogens with one attached hydrogen (secondary N) is 1. The number of hydrogen-bond donors (Lipinski definition) is 1. The molecular weight excluding hydrogens is 436 g/mol. The van der Waals surface area contributed by atoms with Crippen molar-refractivity contribution in [3.05, 3.63) is 96.2 Å². The normalized spacial score (nSPS) is 11.5. The summed E-state index contributed by atoms with van der Waals surface area (Å²) in [6.45, 7) is 1.81. The minimum atomic E-state index is -3.64. The van der Waals surface area contributed by atoms with Gasteiger partial charge in [-0.3, -0.25) is 4.79 Å². The summed E-state index contributed by atoms with van der Waals surface area (Å²) >= 11 is 0. The molecule has 168 valence electrons. The molecule has 1 amide bonds. The van der Waals surface area contributed by atoms with Gasteiger partial charge in [0.15, 0.2) is 0 Å². The van der Waals surface area contributed by atoms with Gasteiger partial charge in [-0.05, 0) is 42.8 Å². The molecule has 0 fully saturated rings. The van der Waals surface area contributed by atoms with E-state index in [2.05, 4.69) is 10.4 Å². The first-order valence-corrected chi connectivity index (χ1v) is 11.8. The average Bonchev–Trinajstić information content (AvgIpc) is 3.27. The van der Waals surface area contributed by atoms with Gasteiger partial charge in [0.2, 0.25) is 10.0 Å². The van der Waals surface area contributed by atoms with Crippen LogP contribution in [0.1, 0.15) is 16.1 Å². The molecule has 33 heavy (non-hydrogen) atoms. The van der Waals surface area contributed by atoms with Crippen LogP contribution in [0, 0.1) is 6.92 Å². The van der Waals surface area contributed by atoms with Crippen molar-refractivity contribution >= 4 is 21.6 Å². The highest BCUT2D eigenvalue weighted by Crippen LogP contribution is 2.25. The quantitative estimate of drug-likeness (QED) is 0.464. The van der Waals surface area contributed by atoms with Crippen molar-refractivity contribution in [3.63, 3.8) is 0 Å². The van der Waals surface area contributed by atoms with Gasteiger partial charge in [-0.25, -0.2) is 17.4 Å². The number of amides is 1. The molecule has 1 N–H and O–H groups in total. The molecule has 4 aromatic rings. The van der Waals surface area contributed by atoms with E-state index in [1.807, 2.05) is 67.6 Å². The van der Waals surface area contributed by atoms with Gasteiger partial charge in [0, 0.05) is 25.3 Å². The zero-order valence-corrected chi connectivity index (χ0v) is 19.4. The van der Waals surface area contributed by atoms with Crippen LogP contribution >= 0.6 is 0 Å². The minimum absolute atomic E-state index is 0.106. The summed E-state index contributed by atoms with van der Waals surface area (Å²) in [6, 6.07) is 25.4. The first kappa shape index (κ1) is 22.4.